The van der Waals surface area contributed by atoms with Crippen LogP contribution >= 0.6 is 11.6 Å². The number of hydrogen-bond acceptors (Lipinski definition) is 5. The third kappa shape index (κ3) is 3.64. The Morgan fingerprint density at radius 3 is 2.64 bits per heavy atom. The Hall–Kier alpha value is -3.18. The first-order valence-corrected chi connectivity index (χ1v) is 11.6. The molecule has 3 aromatic rings. The van der Waals surface area contributed by atoms with Crippen molar-refractivity contribution < 1.29 is 32.2 Å². The van der Waals surface area contributed by atoms with Crippen LogP contribution in [0.4, 0.5) is 17.6 Å². The number of pyridine rings is 1. The topological polar surface area (TPSA) is 89.3 Å². The summed E-state index contributed by atoms with van der Waals surface area (Å²) >= 11 is 5.98. The van der Waals surface area contributed by atoms with Gasteiger partial charge < -0.3 is 15.2 Å². The van der Waals surface area contributed by atoms with Crippen LogP contribution in [-0.2, 0) is 16.5 Å². The van der Waals surface area contributed by atoms with Crippen molar-refractivity contribution in [2.24, 2.45) is 0 Å². The largest absolute Gasteiger partial charge is 0.480 e. The van der Waals surface area contributed by atoms with E-state index in [0.717, 1.165) is 12.3 Å². The number of amides is 1. The second-order valence-electron chi connectivity index (χ2n) is 9.79. The van der Waals surface area contributed by atoms with E-state index in [2.05, 4.69) is 15.4 Å². The van der Waals surface area contributed by atoms with E-state index in [1.165, 1.54) is 6.20 Å². The Morgan fingerprint density at radius 1 is 1.19 bits per heavy atom. The summed E-state index contributed by atoms with van der Waals surface area (Å²) in [5.41, 5.74) is -1.09. The fraction of sp³-hybridized carbons (Fsp3) is 0.375. The number of ether oxygens (including phenoxy) is 1. The van der Waals surface area contributed by atoms with E-state index in [4.69, 9.17) is 16.3 Å². The summed E-state index contributed by atoms with van der Waals surface area (Å²) in [6.45, 7) is 0. The molecule has 0 unspecified atom stereocenters. The number of aliphatic hydroxyl groups is 1. The molecule has 2 N–H and O–H groups in total. The molecule has 3 saturated carbocycles. The maximum Gasteiger partial charge on any atom is 0.436 e. The average molecular weight is 523 g/mol. The molecule has 188 valence electrons. The Morgan fingerprint density at radius 2 is 1.94 bits per heavy atom. The van der Waals surface area contributed by atoms with Gasteiger partial charge in [0.2, 0.25) is 0 Å². The molecule has 7 nitrogen and oxygen atoms in total. The Balaban J connectivity index is 1.10. The highest BCUT2D eigenvalue weighted by molar-refractivity contribution is 6.30. The molecule has 0 radical (unpaired) electrons. The molecule has 1 amide bonds. The van der Waals surface area contributed by atoms with E-state index in [1.807, 2.05) is 0 Å². The average Bonchev–Trinajstić information content (AvgIpc) is 3.24. The van der Waals surface area contributed by atoms with Gasteiger partial charge in [-0.05, 0) is 43.5 Å². The number of hydrogen-bond donors (Lipinski definition) is 2. The number of carbonyl (C=O) groups is 1. The molecular formula is C24H19ClF4N4O3. The number of alkyl halides is 3. The van der Waals surface area contributed by atoms with Crippen LogP contribution in [0.2, 0.25) is 5.02 Å². The predicted molar refractivity (Wildman–Crippen MR) is 119 cm³/mol. The number of fused-ring (bicyclic) bond motifs is 1. The van der Waals surface area contributed by atoms with E-state index in [0.29, 0.717) is 41.2 Å². The number of aromatic nitrogens is 3. The van der Waals surface area contributed by atoms with Crippen LogP contribution in [0.3, 0.4) is 0 Å². The summed E-state index contributed by atoms with van der Waals surface area (Å²) in [5, 5.41) is 18.3. The molecule has 1 aromatic carbocycles. The molecule has 3 aliphatic carbocycles. The van der Waals surface area contributed by atoms with Gasteiger partial charge in [-0.2, -0.15) is 18.3 Å². The van der Waals surface area contributed by atoms with Crippen molar-refractivity contribution in [1.82, 2.24) is 20.1 Å². The van der Waals surface area contributed by atoms with Crippen molar-refractivity contribution in [1.29, 1.82) is 0 Å². The van der Waals surface area contributed by atoms with E-state index < -0.39 is 35.4 Å². The smallest absolute Gasteiger partial charge is 0.436 e. The Kier molecular flexibility index (Phi) is 4.94. The summed E-state index contributed by atoms with van der Waals surface area (Å²) < 4.78 is 59.8. The summed E-state index contributed by atoms with van der Waals surface area (Å²) in [5.74, 6) is -1.33. The summed E-state index contributed by atoms with van der Waals surface area (Å²) in [6.07, 6.45) is -0.521. The van der Waals surface area contributed by atoms with Crippen molar-refractivity contribution in [3.63, 3.8) is 0 Å². The van der Waals surface area contributed by atoms with Crippen LogP contribution in [-0.4, -0.2) is 37.4 Å². The lowest BCUT2D eigenvalue weighted by Crippen LogP contribution is -2.79. The first-order valence-electron chi connectivity index (χ1n) is 11.2. The van der Waals surface area contributed by atoms with Gasteiger partial charge in [-0.25, -0.2) is 9.37 Å². The standard InChI is InChI=1S/C24H19ClF4N4O3/c25-14-1-2-18-15(4-14)17(34)5-19(36-18)21(35)32-22-9-23(10-22,11-22)33-8-13(7-31-33)12-3-16(26)20(30-6-12)24(27,28)29/h1-4,6-8,17,19,34H,5,9-11H2,(H,32,35)/t17-,19-,22?,23?/m1/s1. The maximum absolute atomic E-state index is 13.9. The molecule has 3 fully saturated rings. The number of nitrogens with one attached hydrogen (secondary N) is 1. The molecular weight excluding hydrogens is 504 g/mol. The Bertz CT molecular complexity index is 1370. The summed E-state index contributed by atoms with van der Waals surface area (Å²) in [7, 11) is 0. The molecule has 12 heteroatoms. The molecule has 36 heavy (non-hydrogen) atoms. The number of rotatable bonds is 4. The van der Waals surface area contributed by atoms with Crippen LogP contribution in [0, 0.1) is 5.82 Å². The van der Waals surface area contributed by atoms with Crippen molar-refractivity contribution in [3.8, 4) is 16.9 Å². The third-order valence-corrected chi connectivity index (χ3v) is 7.47. The normalized spacial score (nSPS) is 28.4. The highest BCUT2D eigenvalue weighted by atomic mass is 35.5. The SMILES string of the molecule is O=C(NC12CC(n3cc(-c4cnc(C(F)(F)F)c(F)c4)cn3)(C1)C2)[C@H]1C[C@@H](O)c2cc(Cl)ccc2O1. The maximum atomic E-state index is 13.9. The predicted octanol–water partition coefficient (Wildman–Crippen LogP) is 4.39. The van der Waals surface area contributed by atoms with Gasteiger partial charge in [0, 0.05) is 46.1 Å². The van der Waals surface area contributed by atoms with Gasteiger partial charge >= 0.3 is 6.18 Å². The number of nitrogens with zero attached hydrogens (tertiary/aromatic N) is 3. The zero-order valence-electron chi connectivity index (χ0n) is 18.5. The summed E-state index contributed by atoms with van der Waals surface area (Å²) in [6, 6.07) is 5.68. The molecule has 1 aliphatic heterocycles. The van der Waals surface area contributed by atoms with Crippen molar-refractivity contribution in [2.45, 2.75) is 55.1 Å². The van der Waals surface area contributed by atoms with Gasteiger partial charge in [0.1, 0.15) is 5.75 Å². The minimum absolute atomic E-state index is 0.112. The van der Waals surface area contributed by atoms with Crippen molar-refractivity contribution in [2.75, 3.05) is 0 Å². The van der Waals surface area contributed by atoms with Crippen LogP contribution in [0.5, 0.6) is 5.75 Å². The number of aliphatic hydroxyl groups excluding tert-OH is 1. The lowest BCUT2D eigenvalue weighted by molar-refractivity contribution is -0.165. The highest BCUT2D eigenvalue weighted by Crippen LogP contribution is 2.65. The first kappa shape index (κ1) is 23.2. The van der Waals surface area contributed by atoms with E-state index in [9.17, 15) is 27.5 Å². The molecule has 0 spiro atoms. The van der Waals surface area contributed by atoms with Gasteiger partial charge in [0.05, 0.1) is 17.8 Å². The number of benzene rings is 1. The van der Waals surface area contributed by atoms with Crippen LogP contribution in [0.25, 0.3) is 11.1 Å². The molecule has 7 rings (SSSR count). The second kappa shape index (κ2) is 7.66. The van der Waals surface area contributed by atoms with Crippen LogP contribution in [0.1, 0.15) is 43.0 Å². The van der Waals surface area contributed by atoms with Crippen molar-refractivity contribution >= 4 is 17.5 Å². The zero-order chi connectivity index (χ0) is 25.5. The second-order valence-corrected chi connectivity index (χ2v) is 10.2. The fourth-order valence-electron chi connectivity index (χ4n) is 5.57. The molecule has 4 aliphatic rings. The molecule has 2 bridgehead atoms. The van der Waals surface area contributed by atoms with Crippen molar-refractivity contribution in [3.05, 3.63) is 65.0 Å². The van der Waals surface area contributed by atoms with E-state index >= 15 is 0 Å². The molecule has 3 heterocycles. The van der Waals surface area contributed by atoms with Gasteiger partial charge in [0.15, 0.2) is 17.6 Å². The zero-order valence-corrected chi connectivity index (χ0v) is 19.3. The van der Waals surface area contributed by atoms with Crippen LogP contribution in [0.15, 0.2) is 42.9 Å². The Labute approximate surface area is 207 Å². The molecule has 2 atom stereocenters. The minimum atomic E-state index is -4.87. The number of carbonyl (C=O) groups excluding carboxylic acids is 1. The lowest BCUT2D eigenvalue weighted by atomic mass is 9.44. The highest BCUT2D eigenvalue weighted by Gasteiger charge is 2.70. The molecule has 0 saturated heterocycles. The first-order chi connectivity index (χ1) is 17.0. The van der Waals surface area contributed by atoms with E-state index in [-0.39, 0.29) is 23.4 Å². The monoisotopic (exact) mass is 522 g/mol. The lowest BCUT2D eigenvalue weighted by Gasteiger charge is -2.70. The van der Waals surface area contributed by atoms with Gasteiger partial charge in [-0.15, -0.1) is 0 Å². The summed E-state index contributed by atoms with van der Waals surface area (Å²) in [4.78, 5) is 16.1. The molecule has 2 aromatic heterocycles. The van der Waals surface area contributed by atoms with Crippen LogP contribution < -0.4 is 10.1 Å². The van der Waals surface area contributed by atoms with E-state index in [1.54, 1.807) is 29.1 Å². The van der Waals surface area contributed by atoms with Gasteiger partial charge in [0.25, 0.3) is 5.91 Å². The number of halogens is 5. The van der Waals surface area contributed by atoms with Gasteiger partial charge in [-0.3, -0.25) is 9.48 Å². The van der Waals surface area contributed by atoms with Gasteiger partial charge in [-0.1, -0.05) is 11.6 Å². The minimum Gasteiger partial charge on any atom is -0.480 e. The quantitative estimate of drug-likeness (QED) is 0.496. The fourth-order valence-corrected chi connectivity index (χ4v) is 5.75. The third-order valence-electron chi connectivity index (χ3n) is 7.23.